The van der Waals surface area contributed by atoms with Gasteiger partial charge in [0.25, 0.3) is 0 Å². The van der Waals surface area contributed by atoms with Crippen LogP contribution in [-0.4, -0.2) is 11.0 Å². The predicted molar refractivity (Wildman–Crippen MR) is 104 cm³/mol. The summed E-state index contributed by atoms with van der Waals surface area (Å²) in [6.45, 7) is 5.60. The van der Waals surface area contributed by atoms with E-state index in [2.05, 4.69) is 11.6 Å². The predicted octanol–water partition coefficient (Wildman–Crippen LogP) is 5.44. The number of halogens is 1. The molecule has 3 rings (SSSR count). The summed E-state index contributed by atoms with van der Waals surface area (Å²) < 4.78 is 11.1. The molecule has 0 fully saturated rings. The molecule has 0 unspecified atom stereocenters. The van der Waals surface area contributed by atoms with Crippen LogP contribution in [0.5, 0.6) is 11.6 Å². The maximum absolute atomic E-state index is 11.4. The summed E-state index contributed by atoms with van der Waals surface area (Å²) in [5, 5.41) is 1.55. The fraction of sp³-hybridized carbons (Fsp3) is 0.100. The van der Waals surface area contributed by atoms with Crippen LogP contribution in [0.15, 0.2) is 61.2 Å². The van der Waals surface area contributed by atoms with Gasteiger partial charge in [-0.25, -0.2) is 9.78 Å². The molecule has 0 saturated heterocycles. The van der Waals surface area contributed by atoms with E-state index >= 15 is 0 Å². The van der Waals surface area contributed by atoms with Crippen LogP contribution in [-0.2, 0) is 11.4 Å². The topological polar surface area (TPSA) is 48.4 Å². The first-order valence-corrected chi connectivity index (χ1v) is 9.04. The van der Waals surface area contributed by atoms with Gasteiger partial charge >= 0.3 is 5.97 Å². The van der Waals surface area contributed by atoms with Gasteiger partial charge in [-0.1, -0.05) is 48.5 Å². The van der Waals surface area contributed by atoms with Crippen molar-refractivity contribution < 1.29 is 14.3 Å². The number of aryl methyl sites for hydroxylation is 1. The van der Waals surface area contributed by atoms with E-state index in [1.807, 2.05) is 43.3 Å². The molecule has 1 aromatic heterocycles. The van der Waals surface area contributed by atoms with E-state index in [1.54, 1.807) is 23.5 Å². The first kappa shape index (κ1) is 18.2. The molecule has 0 bridgehead atoms. The molecule has 1 heterocycles. The molecule has 4 nitrogen and oxygen atoms in total. The Hall–Kier alpha value is -2.63. The molecular formula is C20H16ClNO3S. The average molecular weight is 386 g/mol. The molecule has 26 heavy (non-hydrogen) atoms. The van der Waals surface area contributed by atoms with Gasteiger partial charge in [-0.2, -0.15) is 0 Å². The van der Waals surface area contributed by atoms with E-state index in [9.17, 15) is 4.79 Å². The molecule has 0 aliphatic carbocycles. The van der Waals surface area contributed by atoms with Crippen LogP contribution < -0.4 is 9.47 Å². The van der Waals surface area contributed by atoms with Gasteiger partial charge in [0.2, 0.25) is 5.88 Å². The van der Waals surface area contributed by atoms with E-state index in [0.29, 0.717) is 16.7 Å². The molecule has 0 spiro atoms. The second-order valence-corrected chi connectivity index (χ2v) is 7.05. The second kappa shape index (κ2) is 8.17. The van der Waals surface area contributed by atoms with Crippen molar-refractivity contribution in [2.24, 2.45) is 0 Å². The number of hydrogen-bond acceptors (Lipinski definition) is 5. The SMILES string of the molecule is C=CC(=O)Oc1ccccc1COc1nc(-c2ccc(Cl)cc2)sc1C. The third-order valence-corrected chi connectivity index (χ3v) is 4.81. The molecular weight excluding hydrogens is 370 g/mol. The Bertz CT molecular complexity index is 934. The summed E-state index contributed by atoms with van der Waals surface area (Å²) >= 11 is 7.48. The van der Waals surface area contributed by atoms with Gasteiger partial charge < -0.3 is 9.47 Å². The molecule has 0 amide bonds. The summed E-state index contributed by atoms with van der Waals surface area (Å²) in [5.41, 5.74) is 1.74. The largest absolute Gasteiger partial charge is 0.472 e. The van der Waals surface area contributed by atoms with Gasteiger partial charge in [0.05, 0.1) is 4.88 Å². The van der Waals surface area contributed by atoms with Crippen molar-refractivity contribution in [1.29, 1.82) is 0 Å². The first-order valence-electron chi connectivity index (χ1n) is 7.85. The number of nitrogens with zero attached hydrogens (tertiary/aromatic N) is 1. The summed E-state index contributed by atoms with van der Waals surface area (Å²) in [4.78, 5) is 17.0. The Kier molecular flexibility index (Phi) is 5.71. The Morgan fingerprint density at radius 1 is 1.23 bits per heavy atom. The third kappa shape index (κ3) is 4.31. The molecule has 6 heteroatoms. The highest BCUT2D eigenvalue weighted by Crippen LogP contribution is 2.33. The summed E-state index contributed by atoms with van der Waals surface area (Å²) in [7, 11) is 0. The van der Waals surface area contributed by atoms with Crippen molar-refractivity contribution >= 4 is 28.9 Å². The highest BCUT2D eigenvalue weighted by atomic mass is 35.5. The van der Waals surface area contributed by atoms with E-state index in [-0.39, 0.29) is 6.61 Å². The van der Waals surface area contributed by atoms with Crippen molar-refractivity contribution in [3.63, 3.8) is 0 Å². The fourth-order valence-corrected chi connectivity index (χ4v) is 3.24. The standard InChI is InChI=1S/C20H16ClNO3S/c1-3-18(23)25-17-7-5-4-6-15(17)12-24-19-13(2)26-20(22-19)14-8-10-16(21)11-9-14/h3-11H,1,12H2,2H3. The lowest BCUT2D eigenvalue weighted by molar-refractivity contribution is -0.129. The van der Waals surface area contributed by atoms with Crippen LogP contribution in [0.4, 0.5) is 0 Å². The maximum atomic E-state index is 11.4. The van der Waals surface area contributed by atoms with Crippen molar-refractivity contribution in [3.8, 4) is 22.2 Å². The molecule has 132 valence electrons. The minimum absolute atomic E-state index is 0.241. The number of esters is 1. The molecule has 0 aliphatic rings. The van der Waals surface area contributed by atoms with Crippen LogP contribution in [0.2, 0.25) is 5.02 Å². The minimum Gasteiger partial charge on any atom is -0.472 e. The Labute approximate surface area is 160 Å². The number of thiazole rings is 1. The average Bonchev–Trinajstić information content (AvgIpc) is 3.02. The molecule has 0 radical (unpaired) electrons. The fourth-order valence-electron chi connectivity index (χ4n) is 2.25. The Morgan fingerprint density at radius 2 is 1.96 bits per heavy atom. The number of rotatable bonds is 6. The van der Waals surface area contributed by atoms with Crippen LogP contribution in [0.3, 0.4) is 0 Å². The highest BCUT2D eigenvalue weighted by Gasteiger charge is 2.13. The monoisotopic (exact) mass is 385 g/mol. The lowest BCUT2D eigenvalue weighted by Crippen LogP contribution is -2.07. The summed E-state index contributed by atoms with van der Waals surface area (Å²) in [6, 6.07) is 14.7. The summed E-state index contributed by atoms with van der Waals surface area (Å²) in [5.74, 6) is 0.500. The maximum Gasteiger partial charge on any atom is 0.335 e. The quantitative estimate of drug-likeness (QED) is 0.322. The van der Waals surface area contributed by atoms with Gasteiger partial charge in [-0.3, -0.25) is 0 Å². The van der Waals surface area contributed by atoms with Crippen molar-refractivity contribution in [2.45, 2.75) is 13.5 Å². The van der Waals surface area contributed by atoms with Gasteiger partial charge in [0.15, 0.2) is 0 Å². The normalized spacial score (nSPS) is 10.4. The van der Waals surface area contributed by atoms with Crippen LogP contribution in [0, 0.1) is 6.92 Å². The summed E-state index contributed by atoms with van der Waals surface area (Å²) in [6.07, 6.45) is 1.13. The number of carbonyl (C=O) groups is 1. The zero-order valence-electron chi connectivity index (χ0n) is 14.1. The van der Waals surface area contributed by atoms with Gasteiger partial charge in [-0.05, 0) is 25.1 Å². The molecule has 0 N–H and O–H groups in total. The minimum atomic E-state index is -0.507. The highest BCUT2D eigenvalue weighted by molar-refractivity contribution is 7.15. The third-order valence-electron chi connectivity index (χ3n) is 3.56. The molecule has 3 aromatic rings. The number of hydrogen-bond donors (Lipinski definition) is 0. The lowest BCUT2D eigenvalue weighted by atomic mass is 10.2. The van der Waals surface area contributed by atoms with Gasteiger partial charge in [0.1, 0.15) is 17.4 Å². The number of carbonyl (C=O) groups excluding carboxylic acids is 1. The van der Waals surface area contributed by atoms with E-state index in [0.717, 1.165) is 27.1 Å². The van der Waals surface area contributed by atoms with Gasteiger partial charge in [-0.15, -0.1) is 11.3 Å². The van der Waals surface area contributed by atoms with Crippen molar-refractivity contribution in [2.75, 3.05) is 0 Å². The molecule has 0 atom stereocenters. The number of benzene rings is 2. The molecule has 2 aromatic carbocycles. The number of ether oxygens (including phenoxy) is 2. The van der Waals surface area contributed by atoms with Crippen molar-refractivity contribution in [1.82, 2.24) is 4.98 Å². The van der Waals surface area contributed by atoms with Crippen LogP contribution in [0.1, 0.15) is 10.4 Å². The Balaban J connectivity index is 1.76. The first-order chi connectivity index (χ1) is 12.6. The number of para-hydroxylation sites is 1. The number of aromatic nitrogens is 1. The zero-order chi connectivity index (χ0) is 18.5. The van der Waals surface area contributed by atoms with Gasteiger partial charge in [0, 0.05) is 22.2 Å². The second-order valence-electron chi connectivity index (χ2n) is 5.41. The lowest BCUT2D eigenvalue weighted by Gasteiger charge is -2.09. The van der Waals surface area contributed by atoms with Crippen LogP contribution >= 0.6 is 22.9 Å². The van der Waals surface area contributed by atoms with E-state index in [4.69, 9.17) is 21.1 Å². The zero-order valence-corrected chi connectivity index (χ0v) is 15.6. The Morgan fingerprint density at radius 3 is 2.69 bits per heavy atom. The van der Waals surface area contributed by atoms with E-state index < -0.39 is 5.97 Å². The van der Waals surface area contributed by atoms with Crippen LogP contribution in [0.25, 0.3) is 10.6 Å². The van der Waals surface area contributed by atoms with Crippen molar-refractivity contribution in [3.05, 3.63) is 76.6 Å². The van der Waals surface area contributed by atoms with E-state index in [1.165, 1.54) is 0 Å². The molecule has 0 aliphatic heterocycles. The smallest absolute Gasteiger partial charge is 0.335 e. The molecule has 0 saturated carbocycles.